The van der Waals surface area contributed by atoms with Crippen molar-refractivity contribution in [3.05, 3.63) is 12.7 Å². The summed E-state index contributed by atoms with van der Waals surface area (Å²) in [4.78, 5) is 28.7. The molecule has 5 heteroatoms. The quantitative estimate of drug-likeness (QED) is 0.781. The Hall–Kier alpha value is -1.36. The van der Waals surface area contributed by atoms with Crippen molar-refractivity contribution < 1.29 is 9.59 Å². The van der Waals surface area contributed by atoms with E-state index in [-0.39, 0.29) is 17.9 Å². The lowest BCUT2D eigenvalue weighted by molar-refractivity contribution is -0.138. The van der Waals surface area contributed by atoms with Gasteiger partial charge in [-0.2, -0.15) is 0 Å². The highest BCUT2D eigenvalue weighted by atomic mass is 16.2. The molecule has 0 aromatic carbocycles. The van der Waals surface area contributed by atoms with Crippen molar-refractivity contribution in [1.29, 1.82) is 0 Å². The van der Waals surface area contributed by atoms with Crippen LogP contribution in [0.15, 0.2) is 12.7 Å². The summed E-state index contributed by atoms with van der Waals surface area (Å²) in [5.41, 5.74) is 0. The van der Waals surface area contributed by atoms with E-state index in [4.69, 9.17) is 0 Å². The van der Waals surface area contributed by atoms with Crippen molar-refractivity contribution in [3.63, 3.8) is 0 Å². The van der Waals surface area contributed by atoms with Crippen LogP contribution in [-0.4, -0.2) is 60.4 Å². The maximum absolute atomic E-state index is 12.5. The van der Waals surface area contributed by atoms with Gasteiger partial charge in [-0.15, -0.1) is 6.58 Å². The maximum Gasteiger partial charge on any atom is 0.237 e. The lowest BCUT2D eigenvalue weighted by Crippen LogP contribution is -2.50. The second-order valence-electron chi connectivity index (χ2n) is 6.41. The molecule has 2 amide bonds. The largest absolute Gasteiger partial charge is 0.351 e. The minimum absolute atomic E-state index is 0.0423. The van der Waals surface area contributed by atoms with E-state index in [0.717, 1.165) is 51.9 Å². The topological polar surface area (TPSA) is 52.7 Å². The summed E-state index contributed by atoms with van der Waals surface area (Å²) in [6, 6.07) is -0.133. The van der Waals surface area contributed by atoms with Gasteiger partial charge in [-0.05, 0) is 52.1 Å². The molecular weight excluding hydrogens is 278 g/mol. The molecule has 0 saturated carbocycles. The average Bonchev–Trinajstić information content (AvgIpc) is 2.59. The number of carbonyl (C=O) groups is 2. The molecule has 0 aromatic heterocycles. The highest BCUT2D eigenvalue weighted by Crippen LogP contribution is 2.23. The van der Waals surface area contributed by atoms with Crippen LogP contribution in [0.1, 0.15) is 39.0 Å². The van der Waals surface area contributed by atoms with E-state index in [2.05, 4.69) is 16.8 Å². The number of hydrogen-bond acceptors (Lipinski definition) is 3. The van der Waals surface area contributed by atoms with Gasteiger partial charge in [-0.1, -0.05) is 6.08 Å². The average molecular weight is 307 g/mol. The van der Waals surface area contributed by atoms with E-state index in [0.29, 0.717) is 12.5 Å². The molecule has 2 aliphatic rings. The first kappa shape index (κ1) is 17.0. The van der Waals surface area contributed by atoms with E-state index in [9.17, 15) is 9.59 Å². The van der Waals surface area contributed by atoms with Crippen LogP contribution in [0.25, 0.3) is 0 Å². The van der Waals surface area contributed by atoms with Crippen LogP contribution in [-0.2, 0) is 9.59 Å². The normalized spacial score (nSPS) is 22.1. The molecule has 1 N–H and O–H groups in total. The molecule has 0 aromatic rings. The van der Waals surface area contributed by atoms with Crippen LogP contribution >= 0.6 is 0 Å². The molecule has 124 valence electrons. The molecule has 2 saturated heterocycles. The van der Waals surface area contributed by atoms with Crippen molar-refractivity contribution >= 4 is 11.8 Å². The molecule has 0 bridgehead atoms. The molecule has 0 radical (unpaired) electrons. The van der Waals surface area contributed by atoms with Gasteiger partial charge in [0.15, 0.2) is 0 Å². The van der Waals surface area contributed by atoms with E-state index in [1.807, 2.05) is 11.8 Å². The zero-order chi connectivity index (χ0) is 15.9. The van der Waals surface area contributed by atoms with Crippen molar-refractivity contribution in [2.75, 3.05) is 32.7 Å². The van der Waals surface area contributed by atoms with Gasteiger partial charge in [-0.25, -0.2) is 0 Å². The number of nitrogens with zero attached hydrogens (tertiary/aromatic N) is 2. The highest BCUT2D eigenvalue weighted by molar-refractivity contribution is 5.81. The second kappa shape index (κ2) is 8.32. The summed E-state index contributed by atoms with van der Waals surface area (Å²) in [5.74, 6) is 0.529. The van der Waals surface area contributed by atoms with Crippen molar-refractivity contribution in [1.82, 2.24) is 15.1 Å². The summed E-state index contributed by atoms with van der Waals surface area (Å²) < 4.78 is 0. The number of amides is 2. The SMILES string of the molecule is C=CCNC(=O)C(C)N1CCC(C(=O)N2CCCCC2)CC1. The Kier molecular flexibility index (Phi) is 6.43. The molecule has 5 nitrogen and oxygen atoms in total. The minimum Gasteiger partial charge on any atom is -0.351 e. The van der Waals surface area contributed by atoms with Crippen LogP contribution < -0.4 is 5.32 Å². The predicted octanol–water partition coefficient (Wildman–Crippen LogP) is 1.40. The van der Waals surface area contributed by atoms with E-state index in [1.54, 1.807) is 6.08 Å². The van der Waals surface area contributed by atoms with Gasteiger partial charge in [0.05, 0.1) is 6.04 Å². The Labute approximate surface area is 133 Å². The van der Waals surface area contributed by atoms with Crippen molar-refractivity contribution in [2.45, 2.75) is 45.1 Å². The molecular formula is C17H29N3O2. The van der Waals surface area contributed by atoms with Gasteiger partial charge in [0.2, 0.25) is 11.8 Å². The molecule has 1 atom stereocenters. The number of likely N-dealkylation sites (tertiary alicyclic amines) is 2. The van der Waals surface area contributed by atoms with Gasteiger partial charge in [0.1, 0.15) is 0 Å². The first-order chi connectivity index (χ1) is 10.6. The molecule has 0 aliphatic carbocycles. The summed E-state index contributed by atoms with van der Waals surface area (Å²) in [6.07, 6.45) is 6.96. The fourth-order valence-corrected chi connectivity index (χ4v) is 3.39. The molecule has 2 fully saturated rings. The first-order valence-electron chi connectivity index (χ1n) is 8.55. The number of rotatable bonds is 5. The van der Waals surface area contributed by atoms with Gasteiger partial charge < -0.3 is 10.2 Å². The lowest BCUT2D eigenvalue weighted by Gasteiger charge is -2.37. The summed E-state index contributed by atoms with van der Waals surface area (Å²) in [7, 11) is 0. The fraction of sp³-hybridized carbons (Fsp3) is 0.765. The molecule has 2 rings (SSSR count). The Balaban J connectivity index is 1.78. The Morgan fingerprint density at radius 1 is 1.18 bits per heavy atom. The molecule has 0 spiro atoms. The summed E-state index contributed by atoms with van der Waals surface area (Å²) in [6.45, 7) is 9.56. The van der Waals surface area contributed by atoms with Gasteiger partial charge in [-0.3, -0.25) is 14.5 Å². The number of hydrogen-bond donors (Lipinski definition) is 1. The lowest BCUT2D eigenvalue weighted by atomic mass is 9.93. The summed E-state index contributed by atoms with van der Waals surface area (Å²) >= 11 is 0. The van der Waals surface area contributed by atoms with Gasteiger partial charge in [0, 0.05) is 25.6 Å². The van der Waals surface area contributed by atoms with E-state index >= 15 is 0 Å². The smallest absolute Gasteiger partial charge is 0.237 e. The predicted molar refractivity (Wildman–Crippen MR) is 87.4 cm³/mol. The first-order valence-corrected chi connectivity index (χ1v) is 8.55. The van der Waals surface area contributed by atoms with Crippen LogP contribution in [0.5, 0.6) is 0 Å². The number of carbonyl (C=O) groups excluding carboxylic acids is 2. The Morgan fingerprint density at radius 3 is 2.41 bits per heavy atom. The second-order valence-corrected chi connectivity index (χ2v) is 6.41. The van der Waals surface area contributed by atoms with Crippen LogP contribution in [0.2, 0.25) is 0 Å². The molecule has 1 unspecified atom stereocenters. The maximum atomic E-state index is 12.5. The third-order valence-corrected chi connectivity index (χ3v) is 4.89. The highest BCUT2D eigenvalue weighted by Gasteiger charge is 2.32. The number of nitrogens with one attached hydrogen (secondary N) is 1. The monoisotopic (exact) mass is 307 g/mol. The van der Waals surface area contributed by atoms with Gasteiger partial charge in [0.25, 0.3) is 0 Å². The van der Waals surface area contributed by atoms with E-state index < -0.39 is 0 Å². The van der Waals surface area contributed by atoms with Crippen LogP contribution in [0.4, 0.5) is 0 Å². The molecule has 2 heterocycles. The van der Waals surface area contributed by atoms with Crippen LogP contribution in [0, 0.1) is 5.92 Å². The van der Waals surface area contributed by atoms with Crippen molar-refractivity contribution in [3.8, 4) is 0 Å². The van der Waals surface area contributed by atoms with E-state index in [1.165, 1.54) is 6.42 Å². The molecule has 22 heavy (non-hydrogen) atoms. The Bertz CT molecular complexity index is 397. The zero-order valence-electron chi connectivity index (χ0n) is 13.7. The Morgan fingerprint density at radius 2 is 1.82 bits per heavy atom. The molecule has 2 aliphatic heterocycles. The standard InChI is InChI=1S/C17H29N3O2/c1-3-9-18-16(21)14(2)19-12-7-15(8-13-19)17(22)20-10-5-4-6-11-20/h3,14-15H,1,4-13H2,2H3,(H,18,21). The van der Waals surface area contributed by atoms with Crippen molar-refractivity contribution in [2.24, 2.45) is 5.92 Å². The summed E-state index contributed by atoms with van der Waals surface area (Å²) in [5, 5.41) is 2.84. The minimum atomic E-state index is -0.133. The van der Waals surface area contributed by atoms with Crippen LogP contribution in [0.3, 0.4) is 0 Å². The third-order valence-electron chi connectivity index (χ3n) is 4.89. The third kappa shape index (κ3) is 4.32. The zero-order valence-corrected chi connectivity index (χ0v) is 13.7. The van der Waals surface area contributed by atoms with Gasteiger partial charge >= 0.3 is 0 Å². The number of piperidine rings is 2. The fourth-order valence-electron chi connectivity index (χ4n) is 3.39.